The summed E-state index contributed by atoms with van der Waals surface area (Å²) in [7, 11) is 1.65. The lowest BCUT2D eigenvalue weighted by atomic mass is 10.1. The van der Waals surface area contributed by atoms with Crippen LogP contribution < -0.4 is 19.8 Å². The fourth-order valence-electron chi connectivity index (χ4n) is 4.10. The number of methoxy groups -OCH3 is 1. The first-order valence-electron chi connectivity index (χ1n) is 12.7. The molecule has 0 bridgehead atoms. The highest BCUT2D eigenvalue weighted by atomic mass is 16.5. The Hall–Kier alpha value is -2.95. The molecule has 3 rings (SSSR count). The quantitative estimate of drug-likeness (QED) is 0.224. The number of rotatable bonds is 15. The molecule has 0 spiro atoms. The molecule has 3 aromatic rings. The molecule has 0 saturated carbocycles. The number of aromatic nitrogens is 1. The van der Waals surface area contributed by atoms with E-state index >= 15 is 0 Å². The molecule has 0 N–H and O–H groups in total. The third-order valence-electron chi connectivity index (χ3n) is 6.09. The van der Waals surface area contributed by atoms with E-state index in [-0.39, 0.29) is 5.56 Å². The Labute approximate surface area is 203 Å². The second-order valence-corrected chi connectivity index (χ2v) is 8.74. The highest BCUT2D eigenvalue weighted by Gasteiger charge is 2.20. The standard InChI is InChI=1S/C29H39NO4/c1-4-6-8-9-10-14-19-30-26-21-24(32-3)17-18-25(26)27(33-20-7-5-2)28(29(30)31)34-22-23-15-12-11-13-16-23/h11-13,15-18,21H,4-10,14,19-20,22H2,1-3H3. The number of unbranched alkanes of at least 4 members (excludes halogenated alkanes) is 6. The Balaban J connectivity index is 1.99. The molecule has 184 valence electrons. The molecule has 5 heteroatoms. The lowest BCUT2D eigenvalue weighted by molar-refractivity contribution is 0.256. The lowest BCUT2D eigenvalue weighted by Crippen LogP contribution is -2.24. The van der Waals surface area contributed by atoms with Crippen LogP contribution in [0.5, 0.6) is 17.2 Å². The Bertz CT molecular complexity index is 1070. The summed E-state index contributed by atoms with van der Waals surface area (Å²) in [6.07, 6.45) is 8.91. The van der Waals surface area contributed by atoms with Crippen molar-refractivity contribution >= 4 is 10.9 Å². The van der Waals surface area contributed by atoms with Crippen molar-refractivity contribution in [3.8, 4) is 17.2 Å². The topological polar surface area (TPSA) is 49.7 Å². The molecule has 0 amide bonds. The van der Waals surface area contributed by atoms with Gasteiger partial charge in [-0.1, -0.05) is 82.7 Å². The van der Waals surface area contributed by atoms with Gasteiger partial charge in [0.2, 0.25) is 5.75 Å². The number of pyridine rings is 1. The summed E-state index contributed by atoms with van der Waals surface area (Å²) in [4.78, 5) is 13.7. The number of ether oxygens (including phenoxy) is 3. The minimum absolute atomic E-state index is 0.142. The van der Waals surface area contributed by atoms with E-state index in [2.05, 4.69) is 13.8 Å². The monoisotopic (exact) mass is 465 g/mol. The van der Waals surface area contributed by atoms with Gasteiger partial charge in [0.25, 0.3) is 5.56 Å². The summed E-state index contributed by atoms with van der Waals surface area (Å²) in [6.45, 7) is 5.85. The van der Waals surface area contributed by atoms with Crippen molar-refractivity contribution in [2.45, 2.75) is 78.4 Å². The van der Waals surface area contributed by atoms with Gasteiger partial charge in [-0.3, -0.25) is 4.79 Å². The lowest BCUT2D eigenvalue weighted by Gasteiger charge is -2.19. The molecule has 34 heavy (non-hydrogen) atoms. The number of nitrogens with zero attached hydrogens (tertiary/aromatic N) is 1. The minimum atomic E-state index is -0.142. The van der Waals surface area contributed by atoms with E-state index in [1.54, 1.807) is 7.11 Å². The molecule has 0 fully saturated rings. The number of fused-ring (bicyclic) bond motifs is 1. The largest absolute Gasteiger partial charge is 0.497 e. The van der Waals surface area contributed by atoms with E-state index < -0.39 is 0 Å². The molecular weight excluding hydrogens is 426 g/mol. The van der Waals surface area contributed by atoms with Gasteiger partial charge < -0.3 is 18.8 Å². The van der Waals surface area contributed by atoms with Crippen molar-refractivity contribution in [1.82, 2.24) is 4.57 Å². The second-order valence-electron chi connectivity index (χ2n) is 8.74. The van der Waals surface area contributed by atoms with Crippen LogP contribution in [0.4, 0.5) is 0 Å². The maximum atomic E-state index is 13.7. The van der Waals surface area contributed by atoms with Crippen LogP contribution in [0.1, 0.15) is 70.8 Å². The number of aryl methyl sites for hydroxylation is 1. The van der Waals surface area contributed by atoms with Gasteiger partial charge >= 0.3 is 0 Å². The Morgan fingerprint density at radius 1 is 0.794 bits per heavy atom. The summed E-state index contributed by atoms with van der Waals surface area (Å²) >= 11 is 0. The van der Waals surface area contributed by atoms with E-state index in [4.69, 9.17) is 14.2 Å². The van der Waals surface area contributed by atoms with Crippen molar-refractivity contribution in [2.24, 2.45) is 0 Å². The highest BCUT2D eigenvalue weighted by molar-refractivity contribution is 5.89. The van der Waals surface area contributed by atoms with Crippen LogP contribution in [0.25, 0.3) is 10.9 Å². The van der Waals surface area contributed by atoms with Crippen LogP contribution in [0.3, 0.4) is 0 Å². The van der Waals surface area contributed by atoms with E-state index in [1.165, 1.54) is 25.7 Å². The van der Waals surface area contributed by atoms with Gasteiger partial charge in [-0.25, -0.2) is 0 Å². The second kappa shape index (κ2) is 13.7. The van der Waals surface area contributed by atoms with E-state index in [0.29, 0.717) is 31.3 Å². The average Bonchev–Trinajstić information content (AvgIpc) is 2.87. The predicted molar refractivity (Wildman–Crippen MR) is 139 cm³/mol. The first-order chi connectivity index (χ1) is 16.7. The molecule has 5 nitrogen and oxygen atoms in total. The van der Waals surface area contributed by atoms with Gasteiger partial charge in [0, 0.05) is 18.0 Å². The van der Waals surface area contributed by atoms with Crippen LogP contribution in [-0.4, -0.2) is 18.3 Å². The van der Waals surface area contributed by atoms with Crippen molar-refractivity contribution < 1.29 is 14.2 Å². The molecule has 0 aliphatic heterocycles. The van der Waals surface area contributed by atoms with Crippen molar-refractivity contribution in [2.75, 3.05) is 13.7 Å². The zero-order valence-electron chi connectivity index (χ0n) is 21.0. The summed E-state index contributed by atoms with van der Waals surface area (Å²) in [5.41, 5.74) is 1.70. The van der Waals surface area contributed by atoms with E-state index in [1.807, 2.05) is 53.1 Å². The summed E-state index contributed by atoms with van der Waals surface area (Å²) in [5, 5.41) is 0.880. The van der Waals surface area contributed by atoms with Crippen LogP contribution >= 0.6 is 0 Å². The van der Waals surface area contributed by atoms with Crippen LogP contribution in [0.2, 0.25) is 0 Å². The van der Waals surface area contributed by atoms with Gasteiger partial charge in [-0.2, -0.15) is 0 Å². The number of hydrogen-bond acceptors (Lipinski definition) is 4. The van der Waals surface area contributed by atoms with Crippen molar-refractivity contribution in [1.29, 1.82) is 0 Å². The fraction of sp³-hybridized carbons (Fsp3) is 0.483. The highest BCUT2D eigenvalue weighted by Crippen LogP contribution is 2.35. The molecule has 0 radical (unpaired) electrons. The molecule has 0 aliphatic carbocycles. The van der Waals surface area contributed by atoms with Gasteiger partial charge in [-0.05, 0) is 30.5 Å². The van der Waals surface area contributed by atoms with Crippen LogP contribution in [0, 0.1) is 0 Å². The zero-order valence-corrected chi connectivity index (χ0v) is 21.0. The summed E-state index contributed by atoms with van der Waals surface area (Å²) in [5.74, 6) is 1.55. The van der Waals surface area contributed by atoms with E-state index in [0.717, 1.165) is 47.9 Å². The molecule has 0 aliphatic rings. The Kier molecular flexibility index (Phi) is 10.3. The third kappa shape index (κ3) is 6.78. The first kappa shape index (κ1) is 25.7. The predicted octanol–water partition coefficient (Wildman–Crippen LogP) is 7.13. The van der Waals surface area contributed by atoms with Crippen molar-refractivity contribution in [3.63, 3.8) is 0 Å². The molecule has 0 saturated heterocycles. The molecule has 0 unspecified atom stereocenters. The Morgan fingerprint density at radius 2 is 1.53 bits per heavy atom. The molecular formula is C29H39NO4. The number of benzene rings is 2. The number of hydrogen-bond donors (Lipinski definition) is 0. The summed E-state index contributed by atoms with van der Waals surface area (Å²) < 4.78 is 19.7. The third-order valence-corrected chi connectivity index (χ3v) is 6.09. The SMILES string of the molecule is CCCCCCCCn1c(=O)c(OCc2ccccc2)c(OCCCC)c2ccc(OC)cc21. The van der Waals surface area contributed by atoms with Crippen molar-refractivity contribution in [3.05, 3.63) is 64.4 Å². The van der Waals surface area contributed by atoms with Crippen LogP contribution in [0.15, 0.2) is 53.3 Å². The summed E-state index contributed by atoms with van der Waals surface area (Å²) in [6, 6.07) is 15.7. The maximum Gasteiger partial charge on any atom is 0.297 e. The van der Waals surface area contributed by atoms with Gasteiger partial charge in [0.1, 0.15) is 12.4 Å². The maximum absolute atomic E-state index is 13.7. The van der Waals surface area contributed by atoms with E-state index in [9.17, 15) is 4.79 Å². The molecule has 2 aromatic carbocycles. The van der Waals surface area contributed by atoms with Gasteiger partial charge in [-0.15, -0.1) is 0 Å². The fourth-order valence-corrected chi connectivity index (χ4v) is 4.10. The molecule has 0 atom stereocenters. The smallest absolute Gasteiger partial charge is 0.297 e. The van der Waals surface area contributed by atoms with Crippen LogP contribution in [-0.2, 0) is 13.2 Å². The Morgan fingerprint density at radius 3 is 2.26 bits per heavy atom. The minimum Gasteiger partial charge on any atom is -0.497 e. The zero-order chi connectivity index (χ0) is 24.2. The molecule has 1 heterocycles. The normalized spacial score (nSPS) is 11.0. The van der Waals surface area contributed by atoms with Gasteiger partial charge in [0.15, 0.2) is 5.75 Å². The first-order valence-corrected chi connectivity index (χ1v) is 12.7. The van der Waals surface area contributed by atoms with Gasteiger partial charge in [0.05, 0.1) is 19.2 Å². The average molecular weight is 466 g/mol. The molecule has 1 aromatic heterocycles.